The van der Waals surface area contributed by atoms with Crippen molar-refractivity contribution in [2.24, 2.45) is 0 Å². The SMILES string of the molecule is Cc1csc(=O)n1CC(=O)NC[C@H]1COc2ccccc2O1. The monoisotopic (exact) mass is 320 g/mol. The van der Waals surface area contributed by atoms with Crippen LogP contribution in [0, 0.1) is 6.92 Å². The first-order chi connectivity index (χ1) is 10.6. The summed E-state index contributed by atoms with van der Waals surface area (Å²) in [5.41, 5.74) is 0.788. The molecule has 1 aromatic heterocycles. The second-order valence-corrected chi connectivity index (χ2v) is 5.85. The Morgan fingerprint density at radius 2 is 2.18 bits per heavy atom. The van der Waals surface area contributed by atoms with Crippen molar-refractivity contribution in [1.29, 1.82) is 0 Å². The van der Waals surface area contributed by atoms with Crippen LogP contribution < -0.4 is 19.7 Å². The minimum absolute atomic E-state index is 0.0261. The molecule has 6 nitrogen and oxygen atoms in total. The van der Waals surface area contributed by atoms with Crippen molar-refractivity contribution in [3.05, 3.63) is 45.0 Å². The minimum atomic E-state index is -0.237. The molecule has 116 valence electrons. The average molecular weight is 320 g/mol. The Kier molecular flexibility index (Phi) is 4.15. The number of thiazole rings is 1. The summed E-state index contributed by atoms with van der Waals surface area (Å²) in [6.07, 6.45) is -0.237. The van der Waals surface area contributed by atoms with Crippen LogP contribution in [0.25, 0.3) is 0 Å². The van der Waals surface area contributed by atoms with E-state index >= 15 is 0 Å². The Hall–Kier alpha value is -2.28. The molecule has 1 aromatic carbocycles. The fraction of sp³-hybridized carbons (Fsp3) is 0.333. The number of ether oxygens (including phenoxy) is 2. The number of aryl methyl sites for hydroxylation is 1. The molecular formula is C15H16N2O4S. The predicted octanol–water partition coefficient (Wildman–Crippen LogP) is 1.17. The van der Waals surface area contributed by atoms with Gasteiger partial charge in [0.25, 0.3) is 0 Å². The molecule has 1 N–H and O–H groups in total. The van der Waals surface area contributed by atoms with E-state index in [4.69, 9.17) is 9.47 Å². The van der Waals surface area contributed by atoms with Crippen molar-refractivity contribution < 1.29 is 14.3 Å². The Balaban J connectivity index is 1.53. The molecule has 1 aliphatic rings. The fourth-order valence-corrected chi connectivity index (χ4v) is 2.92. The molecule has 1 atom stereocenters. The molecule has 0 spiro atoms. The summed E-state index contributed by atoms with van der Waals surface area (Å²) in [5, 5.41) is 4.52. The summed E-state index contributed by atoms with van der Waals surface area (Å²) in [4.78, 5) is 23.4. The van der Waals surface area contributed by atoms with E-state index in [0.29, 0.717) is 24.7 Å². The molecule has 1 amide bonds. The van der Waals surface area contributed by atoms with E-state index in [2.05, 4.69) is 5.32 Å². The summed E-state index contributed by atoms with van der Waals surface area (Å²) in [7, 11) is 0. The number of para-hydroxylation sites is 2. The van der Waals surface area contributed by atoms with E-state index in [1.165, 1.54) is 4.57 Å². The molecular weight excluding hydrogens is 304 g/mol. The maximum atomic E-state index is 11.9. The van der Waals surface area contributed by atoms with Crippen LogP contribution in [0.2, 0.25) is 0 Å². The zero-order chi connectivity index (χ0) is 15.5. The van der Waals surface area contributed by atoms with Crippen molar-refractivity contribution in [3.8, 4) is 11.5 Å². The molecule has 1 aliphatic heterocycles. The Morgan fingerprint density at radius 1 is 1.41 bits per heavy atom. The van der Waals surface area contributed by atoms with Crippen LogP contribution in [0.15, 0.2) is 34.4 Å². The van der Waals surface area contributed by atoms with Crippen LogP contribution in [0.3, 0.4) is 0 Å². The highest BCUT2D eigenvalue weighted by molar-refractivity contribution is 7.07. The number of hydrogen-bond donors (Lipinski definition) is 1. The number of carbonyl (C=O) groups excluding carboxylic acids is 1. The number of benzene rings is 1. The lowest BCUT2D eigenvalue weighted by molar-refractivity contribution is -0.122. The molecule has 0 saturated heterocycles. The average Bonchev–Trinajstić information content (AvgIpc) is 2.84. The van der Waals surface area contributed by atoms with Crippen LogP contribution in [-0.4, -0.2) is 29.7 Å². The van der Waals surface area contributed by atoms with Crippen molar-refractivity contribution >= 4 is 17.2 Å². The lowest BCUT2D eigenvalue weighted by Gasteiger charge is -2.26. The molecule has 0 unspecified atom stereocenters. The zero-order valence-electron chi connectivity index (χ0n) is 12.1. The quantitative estimate of drug-likeness (QED) is 0.918. The van der Waals surface area contributed by atoms with Gasteiger partial charge < -0.3 is 14.8 Å². The topological polar surface area (TPSA) is 69.6 Å². The lowest BCUT2D eigenvalue weighted by Crippen LogP contribution is -2.42. The number of rotatable bonds is 4. The van der Waals surface area contributed by atoms with Gasteiger partial charge in [0.05, 0.1) is 6.54 Å². The third-order valence-electron chi connectivity index (χ3n) is 3.37. The first kappa shape index (κ1) is 14.6. The first-order valence-corrected chi connectivity index (χ1v) is 7.81. The number of hydrogen-bond acceptors (Lipinski definition) is 5. The molecule has 7 heteroatoms. The highest BCUT2D eigenvalue weighted by Crippen LogP contribution is 2.30. The van der Waals surface area contributed by atoms with Crippen molar-refractivity contribution in [1.82, 2.24) is 9.88 Å². The van der Waals surface area contributed by atoms with Gasteiger partial charge in [-0.15, -0.1) is 0 Å². The van der Waals surface area contributed by atoms with E-state index in [-0.39, 0.29) is 23.4 Å². The van der Waals surface area contributed by atoms with E-state index < -0.39 is 0 Å². The van der Waals surface area contributed by atoms with Crippen LogP contribution in [-0.2, 0) is 11.3 Å². The summed E-state index contributed by atoms with van der Waals surface area (Å²) in [6, 6.07) is 7.42. The summed E-state index contributed by atoms with van der Waals surface area (Å²) in [6.45, 7) is 2.55. The highest BCUT2D eigenvalue weighted by atomic mass is 32.1. The zero-order valence-corrected chi connectivity index (χ0v) is 12.9. The van der Waals surface area contributed by atoms with E-state index in [0.717, 1.165) is 17.0 Å². The van der Waals surface area contributed by atoms with Crippen LogP contribution in [0.5, 0.6) is 11.5 Å². The summed E-state index contributed by atoms with van der Waals surface area (Å²) in [5.74, 6) is 1.18. The van der Waals surface area contributed by atoms with Gasteiger partial charge in [0.2, 0.25) is 5.91 Å². The minimum Gasteiger partial charge on any atom is -0.486 e. The number of fused-ring (bicyclic) bond motifs is 1. The Morgan fingerprint density at radius 3 is 2.91 bits per heavy atom. The van der Waals surface area contributed by atoms with E-state index in [1.807, 2.05) is 24.3 Å². The maximum Gasteiger partial charge on any atom is 0.307 e. The van der Waals surface area contributed by atoms with Gasteiger partial charge in [-0.25, -0.2) is 0 Å². The van der Waals surface area contributed by atoms with Gasteiger partial charge in [0.1, 0.15) is 19.3 Å². The Labute approximate surface area is 131 Å². The molecule has 0 bridgehead atoms. The highest BCUT2D eigenvalue weighted by Gasteiger charge is 2.21. The van der Waals surface area contributed by atoms with Crippen LogP contribution >= 0.6 is 11.3 Å². The number of aromatic nitrogens is 1. The van der Waals surface area contributed by atoms with Gasteiger partial charge in [-0.1, -0.05) is 23.5 Å². The molecule has 0 radical (unpaired) electrons. The van der Waals surface area contributed by atoms with Gasteiger partial charge >= 0.3 is 4.87 Å². The second-order valence-electron chi connectivity index (χ2n) is 5.03. The van der Waals surface area contributed by atoms with Crippen molar-refractivity contribution in [2.45, 2.75) is 19.6 Å². The van der Waals surface area contributed by atoms with Crippen LogP contribution in [0.4, 0.5) is 0 Å². The molecule has 22 heavy (non-hydrogen) atoms. The third-order valence-corrected chi connectivity index (χ3v) is 4.25. The molecule has 3 rings (SSSR count). The smallest absolute Gasteiger partial charge is 0.307 e. The van der Waals surface area contributed by atoms with Crippen molar-refractivity contribution in [2.75, 3.05) is 13.2 Å². The number of nitrogens with one attached hydrogen (secondary N) is 1. The van der Waals surface area contributed by atoms with Crippen LogP contribution in [0.1, 0.15) is 5.69 Å². The molecule has 0 aliphatic carbocycles. The lowest BCUT2D eigenvalue weighted by atomic mass is 10.2. The van der Waals surface area contributed by atoms with Gasteiger partial charge in [0, 0.05) is 11.1 Å². The third kappa shape index (κ3) is 3.14. The Bertz CT molecular complexity index is 737. The normalized spacial score (nSPS) is 16.3. The van der Waals surface area contributed by atoms with Gasteiger partial charge in [-0.2, -0.15) is 0 Å². The van der Waals surface area contributed by atoms with E-state index in [9.17, 15) is 9.59 Å². The number of carbonyl (C=O) groups is 1. The largest absolute Gasteiger partial charge is 0.486 e. The first-order valence-electron chi connectivity index (χ1n) is 6.93. The fourth-order valence-electron chi connectivity index (χ4n) is 2.19. The number of nitrogens with zero attached hydrogens (tertiary/aromatic N) is 1. The number of amides is 1. The summed E-state index contributed by atoms with van der Waals surface area (Å²) >= 11 is 1.09. The maximum absolute atomic E-state index is 11.9. The van der Waals surface area contributed by atoms with Gasteiger partial charge in [0.15, 0.2) is 11.5 Å². The summed E-state index contributed by atoms with van der Waals surface area (Å²) < 4.78 is 12.8. The standard InChI is InChI=1S/C15H16N2O4S/c1-10-9-22-15(19)17(10)7-14(18)16-6-11-8-20-12-4-2-3-5-13(12)21-11/h2-5,9,11H,6-8H2,1H3,(H,16,18)/t11-/m0/s1. The second kappa shape index (κ2) is 6.23. The van der Waals surface area contributed by atoms with Gasteiger partial charge in [-0.05, 0) is 19.1 Å². The van der Waals surface area contributed by atoms with E-state index in [1.54, 1.807) is 12.3 Å². The molecule has 2 aromatic rings. The van der Waals surface area contributed by atoms with Crippen molar-refractivity contribution in [3.63, 3.8) is 0 Å². The molecule has 0 fully saturated rings. The predicted molar refractivity (Wildman–Crippen MR) is 82.7 cm³/mol. The van der Waals surface area contributed by atoms with Gasteiger partial charge in [-0.3, -0.25) is 14.2 Å². The molecule has 0 saturated carbocycles. The molecule has 2 heterocycles.